The standard InChI is InChI=1S/C19H21N5O2/c1-11-5-6-13(7-21-11)14-8-20-9-15-17(14)24-16(10-22-15)18(25)23-12(2)19(3,4)26/h5-10,12,26H,1-4H3,(H,23,25). The van der Waals surface area contributed by atoms with E-state index in [1.807, 2.05) is 19.1 Å². The molecule has 0 saturated carbocycles. The van der Waals surface area contributed by atoms with E-state index in [0.717, 1.165) is 16.8 Å². The Hall–Kier alpha value is -2.93. The number of carbonyl (C=O) groups is 1. The lowest BCUT2D eigenvalue weighted by molar-refractivity contribution is 0.0407. The van der Waals surface area contributed by atoms with Gasteiger partial charge in [-0.3, -0.25) is 19.7 Å². The molecule has 0 aliphatic heterocycles. The molecule has 0 aliphatic carbocycles. The third-order valence-corrected chi connectivity index (χ3v) is 4.32. The van der Waals surface area contributed by atoms with Gasteiger partial charge in [0.15, 0.2) is 0 Å². The summed E-state index contributed by atoms with van der Waals surface area (Å²) in [7, 11) is 0. The molecule has 7 nitrogen and oxygen atoms in total. The summed E-state index contributed by atoms with van der Waals surface area (Å²) in [5.41, 5.74) is 2.83. The molecule has 0 bridgehead atoms. The largest absolute Gasteiger partial charge is 0.388 e. The number of hydrogen-bond acceptors (Lipinski definition) is 6. The summed E-state index contributed by atoms with van der Waals surface area (Å²) in [4.78, 5) is 29.8. The van der Waals surface area contributed by atoms with E-state index in [0.29, 0.717) is 11.0 Å². The molecule has 1 unspecified atom stereocenters. The van der Waals surface area contributed by atoms with Crippen molar-refractivity contribution in [3.05, 3.63) is 48.3 Å². The Morgan fingerprint density at radius 1 is 1.15 bits per heavy atom. The number of rotatable bonds is 4. The lowest BCUT2D eigenvalue weighted by atomic mass is 10.0. The first kappa shape index (κ1) is 17.9. The van der Waals surface area contributed by atoms with E-state index in [1.54, 1.807) is 39.4 Å². The van der Waals surface area contributed by atoms with Crippen LogP contribution in [0.1, 0.15) is 37.0 Å². The van der Waals surface area contributed by atoms with Gasteiger partial charge in [0.2, 0.25) is 0 Å². The number of fused-ring (bicyclic) bond motifs is 1. The number of hydrogen-bond donors (Lipinski definition) is 2. The maximum absolute atomic E-state index is 12.5. The van der Waals surface area contributed by atoms with Crippen LogP contribution in [0, 0.1) is 6.92 Å². The van der Waals surface area contributed by atoms with Crippen LogP contribution in [-0.2, 0) is 0 Å². The summed E-state index contributed by atoms with van der Waals surface area (Å²) in [6, 6.07) is 3.40. The van der Waals surface area contributed by atoms with Gasteiger partial charge in [0.25, 0.3) is 5.91 Å². The Labute approximate surface area is 151 Å². The second-order valence-corrected chi connectivity index (χ2v) is 6.85. The molecule has 3 rings (SSSR count). The van der Waals surface area contributed by atoms with Crippen LogP contribution >= 0.6 is 0 Å². The van der Waals surface area contributed by atoms with Crippen molar-refractivity contribution in [1.82, 2.24) is 25.3 Å². The Morgan fingerprint density at radius 2 is 1.92 bits per heavy atom. The number of nitrogens with one attached hydrogen (secondary N) is 1. The topological polar surface area (TPSA) is 101 Å². The third-order valence-electron chi connectivity index (χ3n) is 4.32. The lowest BCUT2D eigenvalue weighted by Gasteiger charge is -2.26. The van der Waals surface area contributed by atoms with Gasteiger partial charge in [-0.1, -0.05) is 6.07 Å². The van der Waals surface area contributed by atoms with Crippen molar-refractivity contribution in [2.24, 2.45) is 0 Å². The van der Waals surface area contributed by atoms with Crippen LogP contribution in [0.2, 0.25) is 0 Å². The molecule has 0 spiro atoms. The molecule has 0 aromatic carbocycles. The van der Waals surface area contributed by atoms with Gasteiger partial charge in [-0.25, -0.2) is 4.98 Å². The predicted octanol–water partition coefficient (Wildman–Crippen LogP) is 2.28. The van der Waals surface area contributed by atoms with Gasteiger partial charge in [-0.2, -0.15) is 0 Å². The molecule has 1 amide bonds. The SMILES string of the molecule is Cc1ccc(-c2cncc3ncc(C(=O)NC(C)C(C)(C)O)nc23)cn1. The Morgan fingerprint density at radius 3 is 2.58 bits per heavy atom. The minimum absolute atomic E-state index is 0.182. The first-order chi connectivity index (χ1) is 12.3. The van der Waals surface area contributed by atoms with Gasteiger partial charge in [0, 0.05) is 29.2 Å². The molecule has 3 aromatic heterocycles. The molecule has 3 aromatic rings. The fourth-order valence-corrected chi connectivity index (χ4v) is 2.33. The van der Waals surface area contributed by atoms with Crippen molar-refractivity contribution in [3.63, 3.8) is 0 Å². The molecule has 1 atom stereocenters. The number of carbonyl (C=O) groups excluding carboxylic acids is 1. The summed E-state index contributed by atoms with van der Waals surface area (Å²) in [6.45, 7) is 6.92. The van der Waals surface area contributed by atoms with Crippen LogP contribution in [0.25, 0.3) is 22.2 Å². The lowest BCUT2D eigenvalue weighted by Crippen LogP contribution is -2.47. The molecule has 0 radical (unpaired) electrons. The minimum atomic E-state index is -1.04. The number of amides is 1. The molecule has 134 valence electrons. The third kappa shape index (κ3) is 3.67. The predicted molar refractivity (Wildman–Crippen MR) is 98.5 cm³/mol. The summed E-state index contributed by atoms with van der Waals surface area (Å²) in [5.74, 6) is -0.390. The van der Waals surface area contributed by atoms with Crippen LogP contribution in [-0.4, -0.2) is 42.6 Å². The van der Waals surface area contributed by atoms with Crippen molar-refractivity contribution < 1.29 is 9.90 Å². The van der Waals surface area contributed by atoms with Crippen LogP contribution in [0.15, 0.2) is 36.9 Å². The molecular formula is C19H21N5O2. The molecule has 0 saturated heterocycles. The fraction of sp³-hybridized carbons (Fsp3) is 0.316. The van der Waals surface area contributed by atoms with Gasteiger partial charge >= 0.3 is 0 Å². The van der Waals surface area contributed by atoms with E-state index in [9.17, 15) is 9.90 Å². The van der Waals surface area contributed by atoms with Crippen LogP contribution in [0.4, 0.5) is 0 Å². The van der Waals surface area contributed by atoms with Crippen molar-refractivity contribution in [2.75, 3.05) is 0 Å². The van der Waals surface area contributed by atoms with Gasteiger partial charge in [0.05, 0.1) is 24.0 Å². The average molecular weight is 351 g/mol. The molecular weight excluding hydrogens is 330 g/mol. The molecule has 3 heterocycles. The number of aryl methyl sites for hydroxylation is 1. The van der Waals surface area contributed by atoms with E-state index in [4.69, 9.17) is 0 Å². The quantitative estimate of drug-likeness (QED) is 0.748. The summed E-state index contributed by atoms with van der Waals surface area (Å²) < 4.78 is 0. The highest BCUT2D eigenvalue weighted by molar-refractivity contribution is 5.96. The Kier molecular flexibility index (Phi) is 4.65. The first-order valence-corrected chi connectivity index (χ1v) is 8.33. The zero-order valence-electron chi connectivity index (χ0n) is 15.2. The van der Waals surface area contributed by atoms with Gasteiger partial charge < -0.3 is 10.4 Å². The zero-order chi connectivity index (χ0) is 18.9. The highest BCUT2D eigenvalue weighted by Gasteiger charge is 2.25. The number of aromatic nitrogens is 4. The summed E-state index contributed by atoms with van der Waals surface area (Å²) >= 11 is 0. The monoisotopic (exact) mass is 351 g/mol. The normalized spacial score (nSPS) is 12.8. The molecule has 2 N–H and O–H groups in total. The molecule has 7 heteroatoms. The summed E-state index contributed by atoms with van der Waals surface area (Å²) in [6.07, 6.45) is 6.45. The zero-order valence-corrected chi connectivity index (χ0v) is 15.2. The second-order valence-electron chi connectivity index (χ2n) is 6.85. The van der Waals surface area contributed by atoms with Gasteiger partial charge in [-0.05, 0) is 33.8 Å². The van der Waals surface area contributed by atoms with E-state index in [2.05, 4.69) is 25.3 Å². The van der Waals surface area contributed by atoms with E-state index >= 15 is 0 Å². The molecule has 0 aliphatic rings. The van der Waals surface area contributed by atoms with Crippen molar-refractivity contribution in [1.29, 1.82) is 0 Å². The van der Waals surface area contributed by atoms with Crippen LogP contribution in [0.3, 0.4) is 0 Å². The fourth-order valence-electron chi connectivity index (χ4n) is 2.33. The number of pyridine rings is 2. The smallest absolute Gasteiger partial charge is 0.271 e. The maximum Gasteiger partial charge on any atom is 0.271 e. The van der Waals surface area contributed by atoms with Crippen LogP contribution in [0.5, 0.6) is 0 Å². The van der Waals surface area contributed by atoms with Crippen molar-refractivity contribution >= 4 is 16.9 Å². The van der Waals surface area contributed by atoms with E-state index in [-0.39, 0.29) is 11.6 Å². The van der Waals surface area contributed by atoms with Gasteiger partial charge in [-0.15, -0.1) is 0 Å². The van der Waals surface area contributed by atoms with Gasteiger partial charge in [0.1, 0.15) is 16.7 Å². The highest BCUT2D eigenvalue weighted by Crippen LogP contribution is 2.25. The number of nitrogens with zero attached hydrogens (tertiary/aromatic N) is 4. The molecule has 26 heavy (non-hydrogen) atoms. The Balaban J connectivity index is 2.01. The van der Waals surface area contributed by atoms with Crippen LogP contribution < -0.4 is 5.32 Å². The van der Waals surface area contributed by atoms with Crippen molar-refractivity contribution in [3.8, 4) is 11.1 Å². The first-order valence-electron chi connectivity index (χ1n) is 8.33. The average Bonchev–Trinajstić information content (AvgIpc) is 2.60. The summed E-state index contributed by atoms with van der Waals surface area (Å²) in [5, 5.41) is 12.8. The highest BCUT2D eigenvalue weighted by atomic mass is 16.3. The number of aliphatic hydroxyl groups is 1. The molecule has 0 fully saturated rings. The van der Waals surface area contributed by atoms with Crippen molar-refractivity contribution in [2.45, 2.75) is 39.3 Å². The van der Waals surface area contributed by atoms with E-state index < -0.39 is 11.6 Å². The Bertz CT molecular complexity index is 948. The maximum atomic E-state index is 12.5. The van der Waals surface area contributed by atoms with E-state index in [1.165, 1.54) is 6.20 Å². The second kappa shape index (κ2) is 6.76. The minimum Gasteiger partial charge on any atom is -0.388 e.